The number of methoxy groups -OCH3 is 1. The maximum absolute atomic E-state index is 11.5. The van der Waals surface area contributed by atoms with Gasteiger partial charge in [-0.15, -0.1) is 0 Å². The molecule has 1 aromatic heterocycles. The molecule has 0 aliphatic carbocycles. The smallest absolute Gasteiger partial charge is 0.358 e. The van der Waals surface area contributed by atoms with Crippen molar-refractivity contribution in [2.75, 3.05) is 26.9 Å². The summed E-state index contributed by atoms with van der Waals surface area (Å²) in [6, 6.07) is 0.269. The van der Waals surface area contributed by atoms with Gasteiger partial charge in [0.15, 0.2) is 5.69 Å². The van der Waals surface area contributed by atoms with Crippen LogP contribution in [0.3, 0.4) is 0 Å². The molecule has 2 rings (SSSR count). The summed E-state index contributed by atoms with van der Waals surface area (Å²) in [5, 5.41) is 6.43. The van der Waals surface area contributed by atoms with Crippen molar-refractivity contribution in [2.45, 2.75) is 19.9 Å². The molecule has 1 aliphatic rings. The number of aliphatic imine (C=N–C) groups is 1. The Morgan fingerprint density at radius 2 is 2.47 bits per heavy atom. The van der Waals surface area contributed by atoms with Gasteiger partial charge in [-0.2, -0.15) is 5.10 Å². The number of hydrogen-bond donors (Lipinski definition) is 1. The molecule has 1 fully saturated rings. The Bertz CT molecular complexity index is 483. The van der Waals surface area contributed by atoms with E-state index in [0.717, 1.165) is 12.4 Å². The summed E-state index contributed by atoms with van der Waals surface area (Å²) in [6.45, 7) is 6.15. The van der Waals surface area contributed by atoms with Crippen molar-refractivity contribution in [3.63, 3.8) is 0 Å². The number of amidine groups is 1. The number of nitrogens with zero attached hydrogens (tertiary/aromatic N) is 3. The highest BCUT2D eigenvalue weighted by Crippen LogP contribution is 2.18. The summed E-state index contributed by atoms with van der Waals surface area (Å²) in [4.78, 5) is 18.1. The summed E-state index contributed by atoms with van der Waals surface area (Å²) in [6.07, 6.45) is 1.51. The van der Waals surface area contributed by atoms with Gasteiger partial charge in [-0.1, -0.05) is 0 Å². The topological polar surface area (TPSA) is 79.8 Å². The highest BCUT2D eigenvalue weighted by molar-refractivity contribution is 5.94. The zero-order valence-corrected chi connectivity index (χ0v) is 11.3. The van der Waals surface area contributed by atoms with E-state index in [4.69, 9.17) is 4.74 Å². The second kappa shape index (κ2) is 5.83. The molecule has 19 heavy (non-hydrogen) atoms. The van der Waals surface area contributed by atoms with E-state index in [1.807, 2.05) is 6.92 Å². The largest absolute Gasteiger partial charge is 0.464 e. The molecule has 1 N–H and O–H groups in total. The number of carbonyl (C=O) groups excluding carboxylic acids is 1. The van der Waals surface area contributed by atoms with Crippen LogP contribution in [0.1, 0.15) is 24.3 Å². The van der Waals surface area contributed by atoms with Crippen LogP contribution in [0.5, 0.6) is 0 Å². The molecule has 0 bridgehead atoms. The van der Waals surface area contributed by atoms with Gasteiger partial charge in [-0.25, -0.2) is 9.79 Å². The lowest BCUT2D eigenvalue weighted by Gasteiger charge is -2.34. The highest BCUT2D eigenvalue weighted by Gasteiger charge is 2.21. The first-order valence-corrected chi connectivity index (χ1v) is 6.15. The molecule has 1 atom stereocenters. The summed E-state index contributed by atoms with van der Waals surface area (Å²) in [7, 11) is 1.33. The number of hydrogen-bond acceptors (Lipinski definition) is 5. The number of esters is 1. The van der Waals surface area contributed by atoms with Gasteiger partial charge in [0.05, 0.1) is 32.6 Å². The number of aromatic amines is 1. The van der Waals surface area contributed by atoms with Crippen LogP contribution in [-0.2, 0) is 9.47 Å². The molecule has 0 saturated carbocycles. The predicted molar refractivity (Wildman–Crippen MR) is 69.7 cm³/mol. The second-order valence-corrected chi connectivity index (χ2v) is 4.40. The zero-order chi connectivity index (χ0) is 13.8. The van der Waals surface area contributed by atoms with E-state index in [1.165, 1.54) is 13.3 Å². The molecule has 1 aliphatic heterocycles. The van der Waals surface area contributed by atoms with Crippen LogP contribution in [0.2, 0.25) is 0 Å². The highest BCUT2D eigenvalue weighted by atomic mass is 16.5. The van der Waals surface area contributed by atoms with Crippen molar-refractivity contribution in [1.82, 2.24) is 15.1 Å². The van der Waals surface area contributed by atoms with Gasteiger partial charge in [0.1, 0.15) is 11.5 Å². The number of ether oxygens (including phenoxy) is 2. The van der Waals surface area contributed by atoms with E-state index in [9.17, 15) is 4.79 Å². The summed E-state index contributed by atoms with van der Waals surface area (Å²) >= 11 is 0. The minimum absolute atomic E-state index is 0.266. The number of rotatable bonds is 2. The van der Waals surface area contributed by atoms with E-state index < -0.39 is 5.97 Å². The first-order chi connectivity index (χ1) is 9.13. The van der Waals surface area contributed by atoms with Crippen molar-refractivity contribution < 1.29 is 14.3 Å². The third kappa shape index (κ3) is 2.93. The summed E-state index contributed by atoms with van der Waals surface area (Å²) < 4.78 is 10.1. The van der Waals surface area contributed by atoms with E-state index in [0.29, 0.717) is 18.9 Å². The van der Waals surface area contributed by atoms with Gasteiger partial charge in [0.2, 0.25) is 0 Å². The van der Waals surface area contributed by atoms with Gasteiger partial charge in [-0.3, -0.25) is 5.10 Å². The van der Waals surface area contributed by atoms with Crippen molar-refractivity contribution in [3.8, 4) is 0 Å². The standard InChI is InChI=1S/C12H18N4O3/c1-8-7-19-5-4-16(8)9(2)14-10-6-13-15-11(10)12(17)18-3/h6,8H,4-5,7H2,1-3H3,(H,13,15)/b14-9+. The van der Waals surface area contributed by atoms with Gasteiger partial charge in [0, 0.05) is 6.54 Å². The number of carbonyl (C=O) groups is 1. The first-order valence-electron chi connectivity index (χ1n) is 6.15. The van der Waals surface area contributed by atoms with Crippen LogP contribution in [-0.4, -0.2) is 59.8 Å². The number of H-pyrrole nitrogens is 1. The molecule has 0 spiro atoms. The fourth-order valence-corrected chi connectivity index (χ4v) is 2.06. The van der Waals surface area contributed by atoms with E-state index in [-0.39, 0.29) is 11.7 Å². The Kier molecular flexibility index (Phi) is 4.16. The quantitative estimate of drug-likeness (QED) is 0.490. The number of nitrogens with one attached hydrogen (secondary N) is 1. The van der Waals surface area contributed by atoms with Crippen molar-refractivity contribution in [1.29, 1.82) is 0 Å². The van der Waals surface area contributed by atoms with Gasteiger partial charge in [-0.05, 0) is 13.8 Å². The Hall–Kier alpha value is -1.89. The molecule has 1 unspecified atom stereocenters. The second-order valence-electron chi connectivity index (χ2n) is 4.40. The number of morpholine rings is 1. The molecule has 0 radical (unpaired) electrons. The van der Waals surface area contributed by atoms with Crippen molar-refractivity contribution >= 4 is 17.5 Å². The maximum atomic E-state index is 11.5. The maximum Gasteiger partial charge on any atom is 0.358 e. The van der Waals surface area contributed by atoms with Gasteiger partial charge >= 0.3 is 5.97 Å². The average Bonchev–Trinajstić information content (AvgIpc) is 2.86. The molecule has 7 heteroatoms. The van der Waals surface area contributed by atoms with Crippen LogP contribution in [0.15, 0.2) is 11.2 Å². The number of aromatic nitrogens is 2. The van der Waals surface area contributed by atoms with Gasteiger partial charge < -0.3 is 14.4 Å². The van der Waals surface area contributed by atoms with E-state index in [1.54, 1.807) is 0 Å². The molecule has 2 heterocycles. The SMILES string of the molecule is COC(=O)c1[nH]ncc1/N=C(\C)N1CCOCC1C. The van der Waals surface area contributed by atoms with Crippen molar-refractivity contribution in [2.24, 2.45) is 4.99 Å². The first kappa shape index (κ1) is 13.5. The van der Waals surface area contributed by atoms with Gasteiger partial charge in [0.25, 0.3) is 0 Å². The van der Waals surface area contributed by atoms with Crippen LogP contribution < -0.4 is 0 Å². The van der Waals surface area contributed by atoms with E-state index in [2.05, 4.69) is 31.8 Å². The van der Waals surface area contributed by atoms with E-state index >= 15 is 0 Å². The van der Waals surface area contributed by atoms with Crippen LogP contribution in [0, 0.1) is 0 Å². The molecule has 0 aromatic carbocycles. The monoisotopic (exact) mass is 266 g/mol. The molecular formula is C12H18N4O3. The Balaban J connectivity index is 2.20. The van der Waals surface area contributed by atoms with Crippen LogP contribution in [0.4, 0.5) is 5.69 Å². The third-order valence-corrected chi connectivity index (χ3v) is 3.07. The molecule has 0 amide bonds. The van der Waals surface area contributed by atoms with Crippen molar-refractivity contribution in [3.05, 3.63) is 11.9 Å². The zero-order valence-electron chi connectivity index (χ0n) is 11.3. The molecule has 104 valence electrons. The molecule has 1 saturated heterocycles. The predicted octanol–water partition coefficient (Wildman–Crippen LogP) is 0.967. The minimum Gasteiger partial charge on any atom is -0.464 e. The lowest BCUT2D eigenvalue weighted by Crippen LogP contribution is -2.46. The normalized spacial score (nSPS) is 20.5. The molecule has 7 nitrogen and oxygen atoms in total. The Morgan fingerprint density at radius 1 is 1.68 bits per heavy atom. The Morgan fingerprint density at radius 3 is 3.16 bits per heavy atom. The average molecular weight is 266 g/mol. The van der Waals surface area contributed by atoms with Crippen LogP contribution in [0.25, 0.3) is 0 Å². The molecule has 1 aromatic rings. The fraction of sp³-hybridized carbons (Fsp3) is 0.583. The lowest BCUT2D eigenvalue weighted by molar-refractivity contribution is 0.0330. The Labute approximate surface area is 111 Å². The van der Waals surface area contributed by atoms with Crippen LogP contribution >= 0.6 is 0 Å². The third-order valence-electron chi connectivity index (χ3n) is 3.07. The summed E-state index contributed by atoms with van der Waals surface area (Å²) in [5.74, 6) is 0.362. The summed E-state index contributed by atoms with van der Waals surface area (Å²) in [5.41, 5.74) is 0.755. The fourth-order valence-electron chi connectivity index (χ4n) is 2.06. The minimum atomic E-state index is -0.473. The molecular weight excluding hydrogens is 248 g/mol. The lowest BCUT2D eigenvalue weighted by atomic mass is 10.2.